The summed E-state index contributed by atoms with van der Waals surface area (Å²) >= 11 is 0. The molecule has 1 aromatic heterocycles. The molecule has 0 aliphatic heterocycles. The van der Waals surface area contributed by atoms with Gasteiger partial charge in [-0.05, 0) is 11.1 Å². The first-order valence-corrected chi connectivity index (χ1v) is 6.69. The summed E-state index contributed by atoms with van der Waals surface area (Å²) in [7, 11) is 1.92. The highest BCUT2D eigenvalue weighted by atomic mass is 15.3. The Bertz CT molecular complexity index is 619. The molecule has 0 aliphatic rings. The fourth-order valence-electron chi connectivity index (χ4n) is 2.29. The summed E-state index contributed by atoms with van der Waals surface area (Å²) in [6, 6.07) is 22.9. The highest BCUT2D eigenvalue weighted by Crippen LogP contribution is 2.25. The van der Waals surface area contributed by atoms with Crippen LogP contribution in [-0.4, -0.2) is 9.78 Å². The van der Waals surface area contributed by atoms with Crippen molar-refractivity contribution >= 4 is 5.82 Å². The number of aromatic nitrogens is 2. The molecule has 20 heavy (non-hydrogen) atoms. The molecule has 0 saturated carbocycles. The lowest BCUT2D eigenvalue weighted by Crippen LogP contribution is -2.12. The average molecular weight is 263 g/mol. The first-order chi connectivity index (χ1) is 9.83. The van der Waals surface area contributed by atoms with E-state index in [2.05, 4.69) is 58.9 Å². The summed E-state index contributed by atoms with van der Waals surface area (Å²) in [5, 5.41) is 7.91. The molecule has 3 aromatic rings. The van der Waals surface area contributed by atoms with Gasteiger partial charge >= 0.3 is 0 Å². The summed E-state index contributed by atoms with van der Waals surface area (Å²) in [4.78, 5) is 0. The third kappa shape index (κ3) is 2.72. The van der Waals surface area contributed by atoms with E-state index in [1.54, 1.807) is 4.68 Å². The van der Waals surface area contributed by atoms with Gasteiger partial charge in [-0.1, -0.05) is 60.7 Å². The van der Waals surface area contributed by atoms with Crippen LogP contribution in [-0.2, 0) is 7.05 Å². The first-order valence-electron chi connectivity index (χ1n) is 6.69. The minimum atomic E-state index is 0.104. The maximum Gasteiger partial charge on any atom is 0.148 e. The van der Waals surface area contributed by atoms with E-state index < -0.39 is 0 Å². The standard InChI is InChI=1S/C17H17N3/c1-20-13-12-16(19-20)18-17(14-8-4-2-5-9-14)15-10-6-3-7-11-15/h2-13,17H,1H3,(H,18,19). The molecule has 0 bridgehead atoms. The van der Waals surface area contributed by atoms with Crippen molar-refractivity contribution < 1.29 is 0 Å². The average Bonchev–Trinajstić information content (AvgIpc) is 2.92. The smallest absolute Gasteiger partial charge is 0.148 e. The Morgan fingerprint density at radius 2 is 1.40 bits per heavy atom. The Balaban J connectivity index is 1.96. The Labute approximate surface area is 118 Å². The topological polar surface area (TPSA) is 29.9 Å². The van der Waals surface area contributed by atoms with Gasteiger partial charge < -0.3 is 5.32 Å². The van der Waals surface area contributed by atoms with Gasteiger partial charge in [0.15, 0.2) is 0 Å². The lowest BCUT2D eigenvalue weighted by Gasteiger charge is -2.19. The van der Waals surface area contributed by atoms with Gasteiger partial charge in [0.25, 0.3) is 0 Å². The summed E-state index contributed by atoms with van der Waals surface area (Å²) in [6.45, 7) is 0. The van der Waals surface area contributed by atoms with Crippen LogP contribution in [0, 0.1) is 0 Å². The van der Waals surface area contributed by atoms with Gasteiger partial charge in [0.1, 0.15) is 5.82 Å². The fourth-order valence-corrected chi connectivity index (χ4v) is 2.29. The Kier molecular flexibility index (Phi) is 3.50. The van der Waals surface area contributed by atoms with Crippen molar-refractivity contribution in [2.24, 2.45) is 7.05 Å². The van der Waals surface area contributed by atoms with E-state index in [-0.39, 0.29) is 6.04 Å². The van der Waals surface area contributed by atoms with Crippen molar-refractivity contribution in [1.82, 2.24) is 9.78 Å². The number of nitrogens with one attached hydrogen (secondary N) is 1. The van der Waals surface area contributed by atoms with Crippen LogP contribution in [0.25, 0.3) is 0 Å². The van der Waals surface area contributed by atoms with E-state index in [1.165, 1.54) is 11.1 Å². The summed E-state index contributed by atoms with van der Waals surface area (Å²) < 4.78 is 1.80. The van der Waals surface area contributed by atoms with Gasteiger partial charge in [-0.3, -0.25) is 4.68 Å². The quantitative estimate of drug-likeness (QED) is 0.779. The maximum absolute atomic E-state index is 4.41. The van der Waals surface area contributed by atoms with Gasteiger partial charge in [-0.25, -0.2) is 0 Å². The van der Waals surface area contributed by atoms with Crippen molar-refractivity contribution in [2.45, 2.75) is 6.04 Å². The van der Waals surface area contributed by atoms with E-state index in [4.69, 9.17) is 0 Å². The van der Waals surface area contributed by atoms with E-state index in [9.17, 15) is 0 Å². The molecule has 0 spiro atoms. The van der Waals surface area contributed by atoms with Crippen LogP contribution in [0.3, 0.4) is 0 Å². The normalized spacial score (nSPS) is 10.7. The Morgan fingerprint density at radius 3 is 1.85 bits per heavy atom. The molecule has 0 aliphatic carbocycles. The third-order valence-electron chi connectivity index (χ3n) is 3.27. The predicted molar refractivity (Wildman–Crippen MR) is 81.6 cm³/mol. The molecule has 100 valence electrons. The van der Waals surface area contributed by atoms with Crippen LogP contribution in [0.5, 0.6) is 0 Å². The molecule has 1 heterocycles. The van der Waals surface area contributed by atoms with Crippen LogP contribution in [0.1, 0.15) is 17.2 Å². The molecule has 0 saturated heterocycles. The number of nitrogens with zero attached hydrogens (tertiary/aromatic N) is 2. The van der Waals surface area contributed by atoms with Gasteiger partial charge in [-0.2, -0.15) is 5.10 Å². The number of rotatable bonds is 4. The number of hydrogen-bond acceptors (Lipinski definition) is 2. The molecule has 3 rings (SSSR count). The highest BCUT2D eigenvalue weighted by Gasteiger charge is 2.14. The second-order valence-electron chi connectivity index (χ2n) is 4.77. The molecule has 0 fully saturated rings. The lowest BCUT2D eigenvalue weighted by molar-refractivity contribution is 0.764. The third-order valence-corrected chi connectivity index (χ3v) is 3.27. The van der Waals surface area contributed by atoms with Crippen LogP contribution in [0.4, 0.5) is 5.82 Å². The molecule has 3 heteroatoms. The number of hydrogen-bond donors (Lipinski definition) is 1. The summed E-state index contributed by atoms with van der Waals surface area (Å²) in [5.74, 6) is 0.880. The predicted octanol–water partition coefficient (Wildman–Crippen LogP) is 3.62. The molecule has 3 nitrogen and oxygen atoms in total. The number of aryl methyl sites for hydroxylation is 1. The summed E-state index contributed by atoms with van der Waals surface area (Å²) in [6.07, 6.45) is 1.94. The van der Waals surface area contributed by atoms with E-state index in [0.717, 1.165) is 5.82 Å². The summed E-state index contributed by atoms with van der Waals surface area (Å²) in [5.41, 5.74) is 2.45. The van der Waals surface area contributed by atoms with Crippen LogP contribution in [0.15, 0.2) is 72.9 Å². The van der Waals surface area contributed by atoms with Crippen molar-refractivity contribution in [1.29, 1.82) is 0 Å². The van der Waals surface area contributed by atoms with Gasteiger partial charge in [-0.15, -0.1) is 0 Å². The molecule has 0 unspecified atom stereocenters. The largest absolute Gasteiger partial charge is 0.358 e. The van der Waals surface area contributed by atoms with Crippen molar-refractivity contribution in [3.05, 3.63) is 84.1 Å². The fraction of sp³-hybridized carbons (Fsp3) is 0.118. The second-order valence-corrected chi connectivity index (χ2v) is 4.77. The molecule has 2 aromatic carbocycles. The zero-order valence-electron chi connectivity index (χ0n) is 11.4. The number of anilines is 1. The Hall–Kier alpha value is -2.55. The minimum absolute atomic E-state index is 0.104. The molecular formula is C17H17N3. The SMILES string of the molecule is Cn1ccc(NC(c2ccccc2)c2ccccc2)n1. The molecule has 0 atom stereocenters. The van der Waals surface area contributed by atoms with E-state index in [0.29, 0.717) is 0 Å². The van der Waals surface area contributed by atoms with Crippen molar-refractivity contribution in [3.8, 4) is 0 Å². The lowest BCUT2D eigenvalue weighted by atomic mass is 9.99. The van der Waals surface area contributed by atoms with E-state index in [1.807, 2.05) is 31.4 Å². The van der Waals surface area contributed by atoms with Gasteiger partial charge in [0.05, 0.1) is 6.04 Å². The van der Waals surface area contributed by atoms with Crippen molar-refractivity contribution in [3.63, 3.8) is 0 Å². The Morgan fingerprint density at radius 1 is 0.850 bits per heavy atom. The molecule has 1 N–H and O–H groups in total. The zero-order chi connectivity index (χ0) is 13.8. The van der Waals surface area contributed by atoms with Crippen LogP contribution in [0.2, 0.25) is 0 Å². The van der Waals surface area contributed by atoms with Gasteiger partial charge in [0.2, 0.25) is 0 Å². The molecule has 0 amide bonds. The minimum Gasteiger partial charge on any atom is -0.358 e. The van der Waals surface area contributed by atoms with E-state index >= 15 is 0 Å². The second kappa shape index (κ2) is 5.61. The van der Waals surface area contributed by atoms with Crippen LogP contribution >= 0.6 is 0 Å². The number of benzene rings is 2. The van der Waals surface area contributed by atoms with Gasteiger partial charge in [0, 0.05) is 19.3 Å². The molecular weight excluding hydrogens is 246 g/mol. The van der Waals surface area contributed by atoms with Crippen molar-refractivity contribution in [2.75, 3.05) is 5.32 Å². The maximum atomic E-state index is 4.41. The first kappa shape index (κ1) is 12.5. The van der Waals surface area contributed by atoms with Crippen LogP contribution < -0.4 is 5.32 Å². The zero-order valence-corrected chi connectivity index (χ0v) is 11.4. The monoisotopic (exact) mass is 263 g/mol. The molecule has 0 radical (unpaired) electrons. The highest BCUT2D eigenvalue weighted by molar-refractivity contribution is 5.43.